The number of carbonyl (C=O) groups is 1. The van der Waals surface area contributed by atoms with Crippen molar-refractivity contribution in [2.75, 3.05) is 6.61 Å². The molecule has 2 aromatic carbocycles. The van der Waals surface area contributed by atoms with Crippen molar-refractivity contribution in [2.24, 2.45) is 5.10 Å². The molecule has 132 valence electrons. The Labute approximate surface area is 151 Å². The van der Waals surface area contributed by atoms with Gasteiger partial charge in [0.1, 0.15) is 5.75 Å². The van der Waals surface area contributed by atoms with Crippen molar-refractivity contribution in [3.05, 3.63) is 53.1 Å². The van der Waals surface area contributed by atoms with E-state index in [4.69, 9.17) is 21.1 Å². The molecule has 0 saturated carbocycles. The molecule has 2 rings (SSSR count). The molecule has 0 heterocycles. The number of phenolic OH excluding ortho intramolecular Hbond substituents is 1. The number of phenols is 1. The maximum atomic E-state index is 12.0. The van der Waals surface area contributed by atoms with Crippen molar-refractivity contribution in [1.29, 1.82) is 0 Å². The minimum atomic E-state index is -0.741. The maximum Gasteiger partial charge on any atom is 0.280 e. The van der Waals surface area contributed by atoms with Gasteiger partial charge in [-0.05, 0) is 55.8 Å². The lowest BCUT2D eigenvalue weighted by atomic mass is 10.2. The largest absolute Gasteiger partial charge is 0.504 e. The van der Waals surface area contributed by atoms with Crippen molar-refractivity contribution in [3.63, 3.8) is 0 Å². The highest BCUT2D eigenvalue weighted by Crippen LogP contribution is 2.26. The van der Waals surface area contributed by atoms with Gasteiger partial charge in [-0.3, -0.25) is 4.79 Å². The van der Waals surface area contributed by atoms with Crippen LogP contribution < -0.4 is 14.9 Å². The Hall–Kier alpha value is -2.73. The van der Waals surface area contributed by atoms with Gasteiger partial charge >= 0.3 is 0 Å². The number of hydrogen-bond acceptors (Lipinski definition) is 5. The Morgan fingerprint density at radius 3 is 2.88 bits per heavy atom. The third-order valence-corrected chi connectivity index (χ3v) is 3.39. The summed E-state index contributed by atoms with van der Waals surface area (Å²) in [6, 6.07) is 11.6. The van der Waals surface area contributed by atoms with E-state index in [1.165, 1.54) is 12.3 Å². The van der Waals surface area contributed by atoms with Crippen molar-refractivity contribution in [2.45, 2.75) is 20.0 Å². The van der Waals surface area contributed by atoms with Crippen LogP contribution in [0.25, 0.3) is 0 Å². The predicted molar refractivity (Wildman–Crippen MR) is 96.6 cm³/mol. The zero-order valence-electron chi connectivity index (χ0n) is 13.9. The average molecular weight is 363 g/mol. The van der Waals surface area contributed by atoms with E-state index in [2.05, 4.69) is 10.5 Å². The highest BCUT2D eigenvalue weighted by atomic mass is 35.5. The fraction of sp³-hybridized carbons (Fsp3) is 0.222. The van der Waals surface area contributed by atoms with Crippen LogP contribution in [-0.4, -0.2) is 29.9 Å². The number of hydrazone groups is 1. The van der Waals surface area contributed by atoms with E-state index in [-0.39, 0.29) is 5.75 Å². The molecule has 7 heteroatoms. The minimum Gasteiger partial charge on any atom is -0.504 e. The minimum absolute atomic E-state index is 0.0478. The molecule has 0 spiro atoms. The second kappa shape index (κ2) is 8.94. The molecular formula is C18H19ClN2O4. The number of carbonyl (C=O) groups excluding carboxylic acids is 1. The molecule has 1 atom stereocenters. The van der Waals surface area contributed by atoms with Gasteiger partial charge in [-0.1, -0.05) is 17.7 Å². The molecule has 0 aliphatic carbocycles. The van der Waals surface area contributed by atoms with Crippen LogP contribution >= 0.6 is 11.6 Å². The van der Waals surface area contributed by atoms with Gasteiger partial charge in [-0.2, -0.15) is 5.10 Å². The zero-order valence-corrected chi connectivity index (χ0v) is 14.7. The Morgan fingerprint density at radius 1 is 1.36 bits per heavy atom. The van der Waals surface area contributed by atoms with Crippen LogP contribution in [0.4, 0.5) is 0 Å². The van der Waals surface area contributed by atoms with Gasteiger partial charge in [-0.15, -0.1) is 0 Å². The molecule has 0 fully saturated rings. The van der Waals surface area contributed by atoms with Crippen molar-refractivity contribution in [1.82, 2.24) is 5.43 Å². The van der Waals surface area contributed by atoms with Gasteiger partial charge in [0.2, 0.25) is 0 Å². The number of benzene rings is 2. The number of nitrogens with zero attached hydrogens (tertiary/aromatic N) is 1. The van der Waals surface area contributed by atoms with Crippen molar-refractivity contribution < 1.29 is 19.4 Å². The van der Waals surface area contributed by atoms with Gasteiger partial charge in [0, 0.05) is 5.02 Å². The Kier molecular flexibility index (Phi) is 6.65. The van der Waals surface area contributed by atoms with Crippen molar-refractivity contribution in [3.8, 4) is 17.2 Å². The zero-order chi connectivity index (χ0) is 18.2. The van der Waals surface area contributed by atoms with E-state index in [1.54, 1.807) is 43.3 Å². The van der Waals surface area contributed by atoms with Crippen LogP contribution in [0, 0.1) is 0 Å². The molecule has 0 aliphatic rings. The lowest BCUT2D eigenvalue weighted by Gasteiger charge is -2.13. The number of nitrogens with one attached hydrogen (secondary N) is 1. The number of ether oxygens (including phenoxy) is 2. The number of aromatic hydroxyl groups is 1. The highest BCUT2D eigenvalue weighted by Gasteiger charge is 2.14. The SMILES string of the molecule is CCOc1cc(/C=N\NC(=O)[C@@H](C)Oc2cccc(Cl)c2)ccc1O. The average Bonchev–Trinajstić information content (AvgIpc) is 2.58. The number of hydrogen-bond donors (Lipinski definition) is 2. The number of rotatable bonds is 7. The Morgan fingerprint density at radius 2 is 2.16 bits per heavy atom. The van der Waals surface area contributed by atoms with Crippen LogP contribution in [0.3, 0.4) is 0 Å². The summed E-state index contributed by atoms with van der Waals surface area (Å²) in [5, 5.41) is 14.1. The molecule has 2 N–H and O–H groups in total. The first-order chi connectivity index (χ1) is 12.0. The molecule has 0 bridgehead atoms. The van der Waals surface area contributed by atoms with Crippen LogP contribution in [0.1, 0.15) is 19.4 Å². The van der Waals surface area contributed by atoms with E-state index < -0.39 is 12.0 Å². The molecule has 2 aromatic rings. The molecule has 6 nitrogen and oxygen atoms in total. The van der Waals surface area contributed by atoms with Crippen LogP contribution in [0.15, 0.2) is 47.6 Å². The molecule has 0 radical (unpaired) electrons. The summed E-state index contributed by atoms with van der Waals surface area (Å²) in [6.45, 7) is 3.87. The number of halogens is 1. The standard InChI is InChI=1S/C18H19ClN2O4/c1-3-24-17-9-13(7-8-16(17)22)11-20-21-18(23)12(2)25-15-6-4-5-14(19)10-15/h4-12,22H,3H2,1-2H3,(H,21,23)/b20-11-/t12-/m1/s1. The summed E-state index contributed by atoms with van der Waals surface area (Å²) < 4.78 is 10.8. The first kappa shape index (κ1) is 18.6. The van der Waals surface area contributed by atoms with Crippen molar-refractivity contribution >= 4 is 23.7 Å². The quantitative estimate of drug-likeness (QED) is 0.584. The summed E-state index contributed by atoms with van der Waals surface area (Å²) in [4.78, 5) is 12.0. The van der Waals surface area contributed by atoms with Gasteiger partial charge < -0.3 is 14.6 Å². The smallest absolute Gasteiger partial charge is 0.280 e. The molecular weight excluding hydrogens is 344 g/mol. The van der Waals surface area contributed by atoms with Gasteiger partial charge in [0.15, 0.2) is 17.6 Å². The van der Waals surface area contributed by atoms with E-state index in [1.807, 2.05) is 6.92 Å². The molecule has 0 aliphatic heterocycles. The van der Waals surface area contributed by atoms with Gasteiger partial charge in [0.05, 0.1) is 12.8 Å². The molecule has 1 amide bonds. The van der Waals surface area contributed by atoms with Gasteiger partial charge in [0.25, 0.3) is 5.91 Å². The van der Waals surface area contributed by atoms with Gasteiger partial charge in [-0.25, -0.2) is 5.43 Å². The third-order valence-electron chi connectivity index (χ3n) is 3.15. The first-order valence-electron chi connectivity index (χ1n) is 7.70. The van der Waals surface area contributed by atoms with Crippen LogP contribution in [0.5, 0.6) is 17.2 Å². The summed E-state index contributed by atoms with van der Waals surface area (Å²) in [5.74, 6) is 0.501. The Balaban J connectivity index is 1.92. The van der Waals surface area contributed by atoms with Crippen LogP contribution in [-0.2, 0) is 4.79 Å². The van der Waals surface area contributed by atoms with E-state index in [9.17, 15) is 9.90 Å². The molecule has 0 saturated heterocycles. The summed E-state index contributed by atoms with van der Waals surface area (Å²) in [7, 11) is 0. The van der Waals surface area contributed by atoms with Crippen LogP contribution in [0.2, 0.25) is 5.02 Å². The molecule has 0 aromatic heterocycles. The predicted octanol–water partition coefficient (Wildman–Crippen LogP) is 3.36. The maximum absolute atomic E-state index is 12.0. The first-order valence-corrected chi connectivity index (χ1v) is 8.08. The Bertz CT molecular complexity index is 764. The topological polar surface area (TPSA) is 80.2 Å². The third kappa shape index (κ3) is 5.69. The molecule has 25 heavy (non-hydrogen) atoms. The fourth-order valence-electron chi connectivity index (χ4n) is 1.94. The second-order valence-corrected chi connectivity index (χ2v) is 5.55. The normalized spacial score (nSPS) is 12.0. The van der Waals surface area contributed by atoms with E-state index >= 15 is 0 Å². The van der Waals surface area contributed by atoms with E-state index in [0.29, 0.717) is 28.7 Å². The van der Waals surface area contributed by atoms with E-state index in [0.717, 1.165) is 0 Å². The molecule has 0 unspecified atom stereocenters. The number of amides is 1. The fourth-order valence-corrected chi connectivity index (χ4v) is 2.12. The second-order valence-electron chi connectivity index (χ2n) is 5.11. The summed E-state index contributed by atoms with van der Waals surface area (Å²) in [5.41, 5.74) is 3.07. The summed E-state index contributed by atoms with van der Waals surface area (Å²) >= 11 is 5.87. The highest BCUT2D eigenvalue weighted by molar-refractivity contribution is 6.30. The monoisotopic (exact) mass is 362 g/mol. The lowest BCUT2D eigenvalue weighted by molar-refractivity contribution is -0.127. The lowest BCUT2D eigenvalue weighted by Crippen LogP contribution is -2.33. The summed E-state index contributed by atoms with van der Waals surface area (Å²) in [6.07, 6.45) is 0.709.